The largest absolute Gasteiger partial charge is 0.481 e. The highest BCUT2D eigenvalue weighted by atomic mass is 32.1. The molecule has 7 nitrogen and oxygen atoms in total. The lowest BCUT2D eigenvalue weighted by Gasteiger charge is -2.35. The van der Waals surface area contributed by atoms with Crippen molar-refractivity contribution in [2.45, 2.75) is 31.9 Å². The molecule has 2 N–H and O–H groups in total. The molecule has 0 saturated carbocycles. The zero-order chi connectivity index (χ0) is 15.5. The molecule has 0 aliphatic carbocycles. The zero-order valence-electron chi connectivity index (χ0n) is 12.0. The van der Waals surface area contributed by atoms with E-state index in [1.54, 1.807) is 11.1 Å². The number of thiazole rings is 1. The van der Waals surface area contributed by atoms with E-state index in [9.17, 15) is 9.59 Å². The van der Waals surface area contributed by atoms with Gasteiger partial charge in [-0.1, -0.05) is 0 Å². The summed E-state index contributed by atoms with van der Waals surface area (Å²) in [6.07, 6.45) is 1.15. The van der Waals surface area contributed by atoms with E-state index in [1.807, 2.05) is 19.2 Å². The zero-order valence-corrected chi connectivity index (χ0v) is 12.9. The number of hydrogen-bond acceptors (Lipinski definition) is 5. The number of aromatic nitrogens is 1. The van der Waals surface area contributed by atoms with Crippen LogP contribution < -0.4 is 5.32 Å². The van der Waals surface area contributed by atoms with Gasteiger partial charge in [0.15, 0.2) is 0 Å². The van der Waals surface area contributed by atoms with Crippen LogP contribution in [0.3, 0.4) is 0 Å². The Morgan fingerprint density at radius 2 is 2.38 bits per heavy atom. The molecule has 1 aliphatic heterocycles. The van der Waals surface area contributed by atoms with Gasteiger partial charge >= 0.3 is 12.0 Å². The normalized spacial score (nSPS) is 19.3. The van der Waals surface area contributed by atoms with Crippen LogP contribution in [0.4, 0.5) is 4.79 Å². The average molecular weight is 313 g/mol. The second-order valence-corrected chi connectivity index (χ2v) is 6.32. The lowest BCUT2D eigenvalue weighted by atomic mass is 10.1. The maximum atomic E-state index is 12.3. The highest BCUT2D eigenvalue weighted by molar-refractivity contribution is 7.09. The van der Waals surface area contributed by atoms with Crippen LogP contribution in [0.15, 0.2) is 11.6 Å². The SMILES string of the molecule is CC(C)(NC(=O)N1CCOC(CC(=O)O)C1)c1nccs1. The molecule has 1 unspecified atom stereocenters. The van der Waals surface area contributed by atoms with Crippen molar-refractivity contribution in [1.29, 1.82) is 0 Å². The van der Waals surface area contributed by atoms with Crippen LogP contribution in [0.5, 0.6) is 0 Å². The minimum atomic E-state index is -0.926. The maximum absolute atomic E-state index is 12.3. The molecule has 21 heavy (non-hydrogen) atoms. The number of carboxylic acid groups (broad SMARTS) is 1. The van der Waals surface area contributed by atoms with Crippen molar-refractivity contribution < 1.29 is 19.4 Å². The van der Waals surface area contributed by atoms with Crippen molar-refractivity contribution in [3.8, 4) is 0 Å². The van der Waals surface area contributed by atoms with Gasteiger partial charge in [-0.25, -0.2) is 9.78 Å². The Morgan fingerprint density at radius 1 is 1.62 bits per heavy atom. The van der Waals surface area contributed by atoms with Crippen LogP contribution in [-0.4, -0.2) is 52.8 Å². The summed E-state index contributed by atoms with van der Waals surface area (Å²) < 4.78 is 5.36. The van der Waals surface area contributed by atoms with E-state index in [1.165, 1.54) is 11.3 Å². The summed E-state index contributed by atoms with van der Waals surface area (Å²) in [6.45, 7) is 4.86. The summed E-state index contributed by atoms with van der Waals surface area (Å²) >= 11 is 1.48. The Balaban J connectivity index is 1.95. The molecular formula is C13H19N3O4S. The third-order valence-electron chi connectivity index (χ3n) is 3.21. The highest BCUT2D eigenvalue weighted by Gasteiger charge is 2.31. The topological polar surface area (TPSA) is 91.8 Å². The van der Waals surface area contributed by atoms with E-state index >= 15 is 0 Å². The average Bonchev–Trinajstić information content (AvgIpc) is 2.92. The van der Waals surface area contributed by atoms with E-state index < -0.39 is 17.6 Å². The lowest BCUT2D eigenvalue weighted by molar-refractivity contribution is -0.141. The standard InChI is InChI=1S/C13H19N3O4S/c1-13(2,11-14-3-6-21-11)15-12(19)16-4-5-20-9(8-16)7-10(17)18/h3,6,9H,4-5,7-8H2,1-2H3,(H,15,19)(H,17,18). The molecule has 116 valence electrons. The van der Waals surface area contributed by atoms with Crippen molar-refractivity contribution in [3.63, 3.8) is 0 Å². The Morgan fingerprint density at radius 3 is 3.00 bits per heavy atom. The van der Waals surface area contributed by atoms with E-state index in [0.717, 1.165) is 5.01 Å². The summed E-state index contributed by atoms with van der Waals surface area (Å²) in [5.41, 5.74) is -0.564. The molecular weight excluding hydrogens is 294 g/mol. The van der Waals surface area contributed by atoms with E-state index in [-0.39, 0.29) is 19.0 Å². The number of urea groups is 1. The summed E-state index contributed by atoms with van der Waals surface area (Å²) in [4.78, 5) is 28.9. The van der Waals surface area contributed by atoms with Gasteiger partial charge in [0.1, 0.15) is 5.01 Å². The molecule has 1 atom stereocenters. The quantitative estimate of drug-likeness (QED) is 0.873. The highest BCUT2D eigenvalue weighted by Crippen LogP contribution is 2.22. The van der Waals surface area contributed by atoms with Crippen LogP contribution in [0.2, 0.25) is 0 Å². The Kier molecular flexibility index (Phi) is 4.79. The predicted molar refractivity (Wildman–Crippen MR) is 77.2 cm³/mol. The number of ether oxygens (including phenoxy) is 1. The van der Waals surface area contributed by atoms with Crippen LogP contribution in [-0.2, 0) is 15.1 Å². The fourth-order valence-corrected chi connectivity index (χ4v) is 2.87. The van der Waals surface area contributed by atoms with Gasteiger partial charge < -0.3 is 20.1 Å². The molecule has 1 aromatic heterocycles. The first kappa shape index (κ1) is 15.7. The van der Waals surface area contributed by atoms with Crippen LogP contribution in [0, 0.1) is 0 Å². The number of rotatable bonds is 4. The molecule has 8 heteroatoms. The maximum Gasteiger partial charge on any atom is 0.318 e. The minimum absolute atomic E-state index is 0.0976. The summed E-state index contributed by atoms with van der Waals surface area (Å²) in [5, 5.41) is 14.4. The van der Waals surface area contributed by atoms with Gasteiger partial charge in [-0.3, -0.25) is 4.79 Å². The van der Waals surface area contributed by atoms with E-state index in [2.05, 4.69) is 10.3 Å². The Labute approximate surface area is 126 Å². The molecule has 2 rings (SSSR count). The Hall–Kier alpha value is -1.67. The van der Waals surface area contributed by atoms with E-state index in [4.69, 9.17) is 9.84 Å². The van der Waals surface area contributed by atoms with Gasteiger partial charge in [-0.2, -0.15) is 0 Å². The second-order valence-electron chi connectivity index (χ2n) is 5.43. The molecule has 2 heterocycles. The summed E-state index contributed by atoms with van der Waals surface area (Å²) in [6, 6.07) is -0.228. The van der Waals surface area contributed by atoms with Crippen LogP contribution in [0.1, 0.15) is 25.3 Å². The molecule has 2 amide bonds. The molecule has 1 fully saturated rings. The number of carbonyl (C=O) groups excluding carboxylic acids is 1. The second kappa shape index (κ2) is 6.40. The fourth-order valence-electron chi connectivity index (χ4n) is 2.15. The van der Waals surface area contributed by atoms with Crippen molar-refractivity contribution in [2.75, 3.05) is 19.7 Å². The number of morpholine rings is 1. The number of carbonyl (C=O) groups is 2. The van der Waals surface area contributed by atoms with Crippen molar-refractivity contribution in [1.82, 2.24) is 15.2 Å². The number of carboxylic acids is 1. The lowest BCUT2D eigenvalue weighted by Crippen LogP contribution is -2.54. The van der Waals surface area contributed by atoms with Gasteiger partial charge in [0.25, 0.3) is 0 Å². The van der Waals surface area contributed by atoms with Gasteiger partial charge in [-0.15, -0.1) is 11.3 Å². The van der Waals surface area contributed by atoms with Crippen LogP contribution in [0.25, 0.3) is 0 Å². The number of nitrogens with zero attached hydrogens (tertiary/aromatic N) is 2. The molecule has 1 aliphatic rings. The van der Waals surface area contributed by atoms with Gasteiger partial charge in [0, 0.05) is 24.7 Å². The molecule has 0 spiro atoms. The van der Waals surface area contributed by atoms with Crippen molar-refractivity contribution >= 4 is 23.3 Å². The third-order valence-corrected chi connectivity index (χ3v) is 4.31. The van der Waals surface area contributed by atoms with Crippen LogP contribution >= 0.6 is 11.3 Å². The summed E-state index contributed by atoms with van der Waals surface area (Å²) in [7, 11) is 0. The summed E-state index contributed by atoms with van der Waals surface area (Å²) in [5.74, 6) is -0.926. The molecule has 1 aromatic rings. The fraction of sp³-hybridized carbons (Fsp3) is 0.615. The van der Waals surface area contributed by atoms with Gasteiger partial charge in [0.2, 0.25) is 0 Å². The molecule has 1 saturated heterocycles. The number of amides is 2. The first-order valence-electron chi connectivity index (χ1n) is 6.69. The first-order valence-corrected chi connectivity index (χ1v) is 7.57. The third kappa shape index (κ3) is 4.15. The van der Waals surface area contributed by atoms with Crippen molar-refractivity contribution in [2.24, 2.45) is 0 Å². The number of hydrogen-bond donors (Lipinski definition) is 2. The molecule has 0 aromatic carbocycles. The first-order chi connectivity index (χ1) is 9.88. The van der Waals surface area contributed by atoms with Crippen molar-refractivity contribution in [3.05, 3.63) is 16.6 Å². The molecule has 0 bridgehead atoms. The predicted octanol–water partition coefficient (Wildman–Crippen LogP) is 1.26. The van der Waals surface area contributed by atoms with E-state index in [0.29, 0.717) is 13.2 Å². The van der Waals surface area contributed by atoms with Gasteiger partial charge in [-0.05, 0) is 13.8 Å². The minimum Gasteiger partial charge on any atom is -0.481 e. The molecule has 0 radical (unpaired) electrons. The monoisotopic (exact) mass is 313 g/mol. The number of nitrogens with one attached hydrogen (secondary N) is 1. The number of aliphatic carboxylic acids is 1. The van der Waals surface area contributed by atoms with Gasteiger partial charge in [0.05, 0.1) is 24.7 Å². The Bertz CT molecular complexity index is 504. The smallest absolute Gasteiger partial charge is 0.318 e.